The summed E-state index contributed by atoms with van der Waals surface area (Å²) in [7, 11) is 0. The van der Waals surface area contributed by atoms with Gasteiger partial charge in [0.25, 0.3) is 0 Å². The van der Waals surface area contributed by atoms with E-state index in [1.807, 2.05) is 4.90 Å². The van der Waals surface area contributed by atoms with Crippen LogP contribution in [0.4, 0.5) is 4.79 Å². The van der Waals surface area contributed by atoms with Gasteiger partial charge in [0.05, 0.1) is 0 Å². The predicted octanol–water partition coefficient (Wildman–Crippen LogP) is 1.99. The monoisotopic (exact) mass is 374 g/mol. The molecule has 0 aromatic heterocycles. The van der Waals surface area contributed by atoms with Gasteiger partial charge in [0.2, 0.25) is 5.91 Å². The molecule has 0 aliphatic carbocycles. The smallest absolute Gasteiger partial charge is 0.317 e. The van der Waals surface area contributed by atoms with Crippen LogP contribution in [0.5, 0.6) is 0 Å². The molecular weight excluding hydrogens is 340 g/mol. The molecule has 2 aliphatic heterocycles. The van der Waals surface area contributed by atoms with Crippen molar-refractivity contribution in [3.63, 3.8) is 0 Å². The lowest BCUT2D eigenvalue weighted by molar-refractivity contribution is -0.123. The van der Waals surface area contributed by atoms with Crippen LogP contribution in [0.1, 0.15) is 46.5 Å². The van der Waals surface area contributed by atoms with E-state index < -0.39 is 0 Å². The number of nitrogens with one attached hydrogen (secondary N) is 3. The Kier molecular flexibility index (Phi) is 9.57. The second kappa shape index (κ2) is 10.9. The second-order valence-corrected chi connectivity index (χ2v) is 7.88. The van der Waals surface area contributed by atoms with Crippen molar-refractivity contribution >= 4 is 24.3 Å². The topological polar surface area (TPSA) is 73.5 Å². The number of nitrogens with zero attached hydrogens (tertiary/aromatic N) is 1. The van der Waals surface area contributed by atoms with Crippen molar-refractivity contribution in [3.05, 3.63) is 0 Å². The van der Waals surface area contributed by atoms with Crippen LogP contribution in [0.25, 0.3) is 0 Å². The molecule has 2 heterocycles. The van der Waals surface area contributed by atoms with Gasteiger partial charge in [0.15, 0.2) is 0 Å². The Labute approximate surface area is 158 Å². The Hall–Kier alpha value is -1.01. The number of likely N-dealkylation sites (tertiary alicyclic amines) is 1. The Morgan fingerprint density at radius 3 is 2.72 bits per heavy atom. The third kappa shape index (κ3) is 7.40. The number of hydrogen-bond acceptors (Lipinski definition) is 3. The molecular formula is C18H35ClN4O2. The van der Waals surface area contributed by atoms with Gasteiger partial charge < -0.3 is 20.9 Å². The highest BCUT2D eigenvalue weighted by Crippen LogP contribution is 2.20. The van der Waals surface area contributed by atoms with Gasteiger partial charge in [-0.1, -0.05) is 20.8 Å². The quantitative estimate of drug-likeness (QED) is 0.689. The van der Waals surface area contributed by atoms with E-state index in [1.165, 1.54) is 0 Å². The molecule has 7 heteroatoms. The van der Waals surface area contributed by atoms with Gasteiger partial charge in [0, 0.05) is 32.1 Å². The van der Waals surface area contributed by atoms with E-state index in [-0.39, 0.29) is 36.3 Å². The fraction of sp³-hybridized carbons (Fsp3) is 0.889. The summed E-state index contributed by atoms with van der Waals surface area (Å²) in [6.45, 7) is 10.5. The van der Waals surface area contributed by atoms with E-state index in [0.717, 1.165) is 38.9 Å². The highest BCUT2D eigenvalue weighted by Gasteiger charge is 2.27. The minimum Gasteiger partial charge on any atom is -0.353 e. The fourth-order valence-corrected chi connectivity index (χ4v) is 3.58. The Balaban J connectivity index is 0.00000312. The largest absolute Gasteiger partial charge is 0.353 e. The molecule has 6 nitrogen and oxygen atoms in total. The summed E-state index contributed by atoms with van der Waals surface area (Å²) in [5.41, 5.74) is 0. The van der Waals surface area contributed by atoms with Crippen molar-refractivity contribution < 1.29 is 9.59 Å². The minimum atomic E-state index is 0. The lowest BCUT2D eigenvalue weighted by Crippen LogP contribution is -2.50. The molecule has 3 amide bonds. The van der Waals surface area contributed by atoms with Crippen molar-refractivity contribution in [1.29, 1.82) is 0 Å². The van der Waals surface area contributed by atoms with Gasteiger partial charge in [-0.2, -0.15) is 0 Å². The van der Waals surface area contributed by atoms with Gasteiger partial charge in [-0.3, -0.25) is 4.79 Å². The van der Waals surface area contributed by atoms with Crippen LogP contribution in [0.3, 0.4) is 0 Å². The van der Waals surface area contributed by atoms with Crippen molar-refractivity contribution in [2.45, 2.75) is 52.5 Å². The van der Waals surface area contributed by atoms with Gasteiger partial charge >= 0.3 is 6.03 Å². The first-order chi connectivity index (χ1) is 11.5. The van der Waals surface area contributed by atoms with Crippen LogP contribution in [-0.2, 0) is 4.79 Å². The first kappa shape index (κ1) is 22.0. The summed E-state index contributed by atoms with van der Waals surface area (Å²) >= 11 is 0. The van der Waals surface area contributed by atoms with Crippen molar-refractivity contribution in [2.75, 3.05) is 32.7 Å². The first-order valence-electron chi connectivity index (χ1n) is 9.48. The van der Waals surface area contributed by atoms with Crippen molar-refractivity contribution in [2.24, 2.45) is 17.8 Å². The summed E-state index contributed by atoms with van der Waals surface area (Å²) in [5.74, 6) is 1.35. The van der Waals surface area contributed by atoms with Gasteiger partial charge in [-0.15, -0.1) is 12.4 Å². The Morgan fingerprint density at radius 1 is 1.28 bits per heavy atom. The predicted molar refractivity (Wildman–Crippen MR) is 103 cm³/mol. The highest BCUT2D eigenvalue weighted by atomic mass is 35.5. The zero-order chi connectivity index (χ0) is 17.5. The molecule has 2 fully saturated rings. The molecule has 25 heavy (non-hydrogen) atoms. The maximum atomic E-state index is 12.4. The maximum Gasteiger partial charge on any atom is 0.317 e. The molecule has 0 saturated carbocycles. The summed E-state index contributed by atoms with van der Waals surface area (Å²) in [4.78, 5) is 26.4. The molecule has 146 valence electrons. The van der Waals surface area contributed by atoms with Crippen LogP contribution in [0.2, 0.25) is 0 Å². The van der Waals surface area contributed by atoms with Crippen LogP contribution in [-0.4, -0.2) is 55.6 Å². The van der Waals surface area contributed by atoms with E-state index in [9.17, 15) is 9.59 Å². The summed E-state index contributed by atoms with van der Waals surface area (Å²) in [6.07, 6.45) is 3.55. The van der Waals surface area contributed by atoms with Gasteiger partial charge in [-0.25, -0.2) is 4.79 Å². The fourth-order valence-electron chi connectivity index (χ4n) is 3.58. The third-order valence-electron chi connectivity index (χ3n) is 5.07. The summed E-state index contributed by atoms with van der Waals surface area (Å²) in [5, 5.41) is 9.53. The molecule has 3 unspecified atom stereocenters. The molecule has 0 aromatic rings. The molecule has 2 saturated heterocycles. The molecule has 0 aromatic carbocycles. The number of halogens is 1. The van der Waals surface area contributed by atoms with E-state index >= 15 is 0 Å². The van der Waals surface area contributed by atoms with E-state index in [2.05, 4.69) is 36.7 Å². The zero-order valence-electron chi connectivity index (χ0n) is 15.8. The minimum absolute atomic E-state index is 0. The van der Waals surface area contributed by atoms with Crippen LogP contribution >= 0.6 is 12.4 Å². The average Bonchev–Trinajstić information content (AvgIpc) is 2.55. The van der Waals surface area contributed by atoms with E-state index in [4.69, 9.17) is 0 Å². The maximum absolute atomic E-state index is 12.4. The molecule has 2 aliphatic rings. The third-order valence-corrected chi connectivity index (χ3v) is 5.07. The van der Waals surface area contributed by atoms with E-state index in [0.29, 0.717) is 31.3 Å². The van der Waals surface area contributed by atoms with Gasteiger partial charge in [0.1, 0.15) is 0 Å². The molecule has 3 N–H and O–H groups in total. The molecule has 3 atom stereocenters. The molecule has 0 spiro atoms. The second-order valence-electron chi connectivity index (χ2n) is 7.88. The van der Waals surface area contributed by atoms with Crippen molar-refractivity contribution in [1.82, 2.24) is 20.9 Å². The number of amides is 3. The van der Waals surface area contributed by atoms with Crippen LogP contribution in [0, 0.1) is 17.8 Å². The number of urea groups is 1. The number of piperidine rings is 2. The summed E-state index contributed by atoms with van der Waals surface area (Å²) in [6, 6.07) is 0.300. The number of carbonyl (C=O) groups excluding carboxylic acids is 2. The lowest BCUT2D eigenvalue weighted by atomic mass is 9.92. The standard InChI is InChI=1S/C18H34N4O2.ClH/c1-13(2)10-20-18(24)22-8-4-5-15(12-22)9-17(23)21-16-6-7-19-11-14(16)3;/h13-16,19H,4-12H2,1-3H3,(H,20,24)(H,21,23);1H. The molecule has 0 bridgehead atoms. The normalized spacial score (nSPS) is 26.7. The zero-order valence-corrected chi connectivity index (χ0v) is 16.7. The average molecular weight is 375 g/mol. The van der Waals surface area contributed by atoms with E-state index in [1.54, 1.807) is 0 Å². The Bertz CT molecular complexity index is 433. The Morgan fingerprint density at radius 2 is 2.04 bits per heavy atom. The number of hydrogen-bond donors (Lipinski definition) is 3. The molecule has 2 rings (SSSR count). The SMILES string of the molecule is CC(C)CNC(=O)N1CCCC(CC(=O)NC2CCNCC2C)C1.Cl. The lowest BCUT2D eigenvalue weighted by Gasteiger charge is -2.34. The first-order valence-corrected chi connectivity index (χ1v) is 9.48. The summed E-state index contributed by atoms with van der Waals surface area (Å²) < 4.78 is 0. The highest BCUT2D eigenvalue weighted by molar-refractivity contribution is 5.85. The van der Waals surface area contributed by atoms with Crippen LogP contribution < -0.4 is 16.0 Å². The number of carbonyl (C=O) groups is 2. The van der Waals surface area contributed by atoms with Crippen LogP contribution in [0.15, 0.2) is 0 Å². The van der Waals surface area contributed by atoms with Crippen molar-refractivity contribution in [3.8, 4) is 0 Å². The van der Waals surface area contributed by atoms with Gasteiger partial charge in [-0.05, 0) is 50.1 Å². The number of rotatable bonds is 5. The molecule has 0 radical (unpaired) electrons.